The summed E-state index contributed by atoms with van der Waals surface area (Å²) < 4.78 is 11.1. The van der Waals surface area contributed by atoms with E-state index in [1.165, 1.54) is 29.7 Å². The molecule has 0 aliphatic carbocycles. The molecule has 0 bridgehead atoms. The van der Waals surface area contributed by atoms with Crippen LogP contribution in [0.2, 0.25) is 0 Å². The van der Waals surface area contributed by atoms with Crippen LogP contribution in [0.1, 0.15) is 44.7 Å². The van der Waals surface area contributed by atoms with Gasteiger partial charge >= 0.3 is 0 Å². The van der Waals surface area contributed by atoms with Crippen molar-refractivity contribution in [1.82, 2.24) is 9.80 Å². The number of benzene rings is 2. The molecule has 1 heterocycles. The maximum atomic E-state index is 5.60. The second kappa shape index (κ2) is 12.4. The van der Waals surface area contributed by atoms with Gasteiger partial charge in [0.2, 0.25) is 6.79 Å². The Balaban J connectivity index is 1.78. The van der Waals surface area contributed by atoms with Crippen molar-refractivity contribution in [3.05, 3.63) is 84.1 Å². The number of ether oxygens (including phenoxy) is 2. The molecule has 0 radical (unpaired) electrons. The summed E-state index contributed by atoms with van der Waals surface area (Å²) in [6, 6.07) is 17.0. The van der Waals surface area contributed by atoms with E-state index in [-0.39, 0.29) is 0 Å². The van der Waals surface area contributed by atoms with Gasteiger partial charge in [-0.2, -0.15) is 0 Å². The van der Waals surface area contributed by atoms with Gasteiger partial charge in [-0.3, -0.25) is 4.90 Å². The summed E-state index contributed by atoms with van der Waals surface area (Å²) in [6.07, 6.45) is 6.46. The topological polar surface area (TPSA) is 24.9 Å². The average molecular weight is 435 g/mol. The molecule has 2 aromatic rings. The van der Waals surface area contributed by atoms with Gasteiger partial charge in [0.15, 0.2) is 11.5 Å². The molecule has 0 fully saturated rings. The summed E-state index contributed by atoms with van der Waals surface area (Å²) in [5.74, 6) is 2.26. The summed E-state index contributed by atoms with van der Waals surface area (Å²) in [7, 11) is 0. The molecule has 3 rings (SSSR count). The van der Waals surface area contributed by atoms with E-state index in [0.717, 1.165) is 44.2 Å². The van der Waals surface area contributed by atoms with Gasteiger partial charge in [0, 0.05) is 38.4 Å². The van der Waals surface area contributed by atoms with Crippen LogP contribution in [-0.2, 0) is 13.1 Å². The van der Waals surface area contributed by atoms with Crippen LogP contribution in [0, 0.1) is 5.92 Å². The Kier molecular flexibility index (Phi) is 9.24. The van der Waals surface area contributed by atoms with E-state index in [1.54, 1.807) is 0 Å². The monoisotopic (exact) mass is 434 g/mol. The first-order valence-corrected chi connectivity index (χ1v) is 11.8. The standard InChI is InChI=1S/C28H38N2O2/c1-5-7-16-30(20-24-12-9-8-10-13-24)26(11-6-2)21-29(18-23(3)4)19-25-14-15-27-28(17-25)32-22-31-27/h6,8-15,17,23H,2,5,7,16,18-22H2,1,3-4H3/b26-11-. The van der Waals surface area contributed by atoms with Crippen molar-refractivity contribution in [3.63, 3.8) is 0 Å². The highest BCUT2D eigenvalue weighted by molar-refractivity contribution is 5.44. The maximum absolute atomic E-state index is 5.60. The van der Waals surface area contributed by atoms with Gasteiger partial charge in [-0.15, -0.1) is 0 Å². The number of hydrogen-bond acceptors (Lipinski definition) is 4. The van der Waals surface area contributed by atoms with E-state index >= 15 is 0 Å². The zero-order valence-corrected chi connectivity index (χ0v) is 19.9. The van der Waals surface area contributed by atoms with E-state index in [2.05, 4.69) is 85.7 Å². The quantitative estimate of drug-likeness (QED) is 0.348. The van der Waals surface area contributed by atoms with Crippen LogP contribution in [0.25, 0.3) is 0 Å². The van der Waals surface area contributed by atoms with Crippen LogP contribution in [0.3, 0.4) is 0 Å². The summed E-state index contributed by atoms with van der Waals surface area (Å²) in [4.78, 5) is 5.05. The van der Waals surface area contributed by atoms with Gasteiger partial charge in [-0.05, 0) is 41.7 Å². The van der Waals surface area contributed by atoms with Gasteiger partial charge in [0.05, 0.1) is 0 Å². The Bertz CT molecular complexity index is 876. The molecule has 172 valence electrons. The Morgan fingerprint density at radius 1 is 1.03 bits per heavy atom. The minimum atomic E-state index is 0.312. The Morgan fingerprint density at radius 2 is 1.81 bits per heavy atom. The van der Waals surface area contributed by atoms with Crippen molar-refractivity contribution < 1.29 is 9.47 Å². The SMILES string of the molecule is C=C/C=C(/CN(Cc1ccc2c(c1)OCO2)CC(C)C)N(CCCC)Cc1ccccc1. The predicted molar refractivity (Wildman–Crippen MR) is 133 cm³/mol. The van der Waals surface area contributed by atoms with Crippen LogP contribution >= 0.6 is 0 Å². The van der Waals surface area contributed by atoms with Gasteiger partial charge in [-0.25, -0.2) is 0 Å². The summed E-state index contributed by atoms with van der Waals surface area (Å²) >= 11 is 0. The van der Waals surface area contributed by atoms with Crippen LogP contribution in [0.15, 0.2) is 73.0 Å². The van der Waals surface area contributed by atoms with Crippen LogP contribution in [-0.4, -0.2) is 36.2 Å². The Morgan fingerprint density at radius 3 is 2.53 bits per heavy atom. The van der Waals surface area contributed by atoms with Crippen molar-refractivity contribution in [3.8, 4) is 11.5 Å². The molecular formula is C28H38N2O2. The van der Waals surface area contributed by atoms with E-state index in [0.29, 0.717) is 12.7 Å². The number of rotatable bonds is 13. The largest absolute Gasteiger partial charge is 0.454 e. The molecule has 0 N–H and O–H groups in total. The number of allylic oxidation sites excluding steroid dienone is 2. The number of nitrogens with zero attached hydrogens (tertiary/aromatic N) is 2. The molecule has 0 unspecified atom stereocenters. The fourth-order valence-electron chi connectivity index (χ4n) is 4.10. The first kappa shape index (κ1) is 23.9. The third-order valence-corrected chi connectivity index (χ3v) is 5.57. The molecule has 0 aromatic heterocycles. The number of fused-ring (bicyclic) bond motifs is 1. The summed E-state index contributed by atoms with van der Waals surface area (Å²) in [6.45, 7) is 15.9. The van der Waals surface area contributed by atoms with Gasteiger partial charge < -0.3 is 14.4 Å². The molecule has 2 aromatic carbocycles. The average Bonchev–Trinajstić information content (AvgIpc) is 3.24. The molecule has 1 aliphatic rings. The van der Waals surface area contributed by atoms with Crippen LogP contribution in [0.4, 0.5) is 0 Å². The van der Waals surface area contributed by atoms with Gasteiger partial charge in [-0.1, -0.05) is 76.2 Å². The molecule has 4 nitrogen and oxygen atoms in total. The first-order valence-electron chi connectivity index (χ1n) is 11.8. The highest BCUT2D eigenvalue weighted by Gasteiger charge is 2.18. The Hall–Kier alpha value is -2.72. The summed E-state index contributed by atoms with van der Waals surface area (Å²) in [5.41, 5.74) is 3.90. The van der Waals surface area contributed by atoms with Crippen LogP contribution < -0.4 is 9.47 Å². The molecule has 4 heteroatoms. The lowest BCUT2D eigenvalue weighted by atomic mass is 10.1. The maximum Gasteiger partial charge on any atom is 0.231 e. The third kappa shape index (κ3) is 7.16. The molecule has 32 heavy (non-hydrogen) atoms. The fraction of sp³-hybridized carbons (Fsp3) is 0.429. The molecule has 0 spiro atoms. The molecular weight excluding hydrogens is 396 g/mol. The van der Waals surface area contributed by atoms with E-state index in [1.807, 2.05) is 12.1 Å². The lowest BCUT2D eigenvalue weighted by Gasteiger charge is -2.33. The molecule has 1 aliphatic heterocycles. The lowest BCUT2D eigenvalue weighted by Crippen LogP contribution is -2.35. The number of unbranched alkanes of at least 4 members (excludes halogenated alkanes) is 1. The van der Waals surface area contributed by atoms with Crippen molar-refractivity contribution in [2.45, 2.75) is 46.7 Å². The van der Waals surface area contributed by atoms with Gasteiger partial charge in [0.25, 0.3) is 0 Å². The lowest BCUT2D eigenvalue weighted by molar-refractivity contribution is 0.174. The predicted octanol–water partition coefficient (Wildman–Crippen LogP) is 6.25. The highest BCUT2D eigenvalue weighted by Crippen LogP contribution is 2.33. The normalized spacial score (nSPS) is 13.1. The molecule has 0 saturated heterocycles. The smallest absolute Gasteiger partial charge is 0.231 e. The third-order valence-electron chi connectivity index (χ3n) is 5.57. The zero-order chi connectivity index (χ0) is 22.8. The van der Waals surface area contributed by atoms with E-state index < -0.39 is 0 Å². The minimum absolute atomic E-state index is 0.312. The van der Waals surface area contributed by atoms with E-state index in [4.69, 9.17) is 9.47 Å². The van der Waals surface area contributed by atoms with E-state index in [9.17, 15) is 0 Å². The Labute approximate surface area is 194 Å². The van der Waals surface area contributed by atoms with Crippen molar-refractivity contribution in [1.29, 1.82) is 0 Å². The second-order valence-corrected chi connectivity index (χ2v) is 8.91. The summed E-state index contributed by atoms with van der Waals surface area (Å²) in [5, 5.41) is 0. The minimum Gasteiger partial charge on any atom is -0.454 e. The van der Waals surface area contributed by atoms with Crippen molar-refractivity contribution >= 4 is 0 Å². The van der Waals surface area contributed by atoms with Crippen molar-refractivity contribution in [2.75, 3.05) is 26.4 Å². The number of hydrogen-bond donors (Lipinski definition) is 0. The van der Waals surface area contributed by atoms with Crippen molar-refractivity contribution in [2.24, 2.45) is 5.92 Å². The highest BCUT2D eigenvalue weighted by atomic mass is 16.7. The molecule has 0 atom stereocenters. The first-order chi connectivity index (χ1) is 15.6. The molecule has 0 saturated carbocycles. The second-order valence-electron chi connectivity index (χ2n) is 8.91. The molecule has 0 amide bonds. The fourth-order valence-corrected chi connectivity index (χ4v) is 4.10. The zero-order valence-electron chi connectivity index (χ0n) is 19.9. The van der Waals surface area contributed by atoms with Gasteiger partial charge in [0.1, 0.15) is 0 Å². The van der Waals surface area contributed by atoms with Crippen LogP contribution in [0.5, 0.6) is 11.5 Å².